The summed E-state index contributed by atoms with van der Waals surface area (Å²) in [4.78, 5) is 17.1. The van der Waals surface area contributed by atoms with Crippen LogP contribution in [0.5, 0.6) is 5.75 Å². The average Bonchev–Trinajstić information content (AvgIpc) is 2.71. The second-order valence-electron chi connectivity index (χ2n) is 7.69. The molecule has 1 aliphatic rings. The Morgan fingerprint density at radius 1 is 1.14 bits per heavy atom. The van der Waals surface area contributed by atoms with Gasteiger partial charge in [0.25, 0.3) is 5.91 Å². The summed E-state index contributed by atoms with van der Waals surface area (Å²) in [6.07, 6.45) is 2.54. The number of benzene rings is 2. The zero-order chi connectivity index (χ0) is 20.8. The molecular weight excluding hydrogens is 367 g/mol. The molecule has 0 aliphatic carbocycles. The van der Waals surface area contributed by atoms with E-state index in [2.05, 4.69) is 25.3 Å². The number of hydrogen-bond acceptors (Lipinski definition) is 3. The quantitative estimate of drug-likeness (QED) is 0.662. The number of nitrogens with zero attached hydrogens (tertiary/aromatic N) is 2. The number of amides is 1. The summed E-state index contributed by atoms with van der Waals surface area (Å²) < 4.78 is 19.0. The lowest BCUT2D eigenvalue weighted by Crippen LogP contribution is -2.58. The van der Waals surface area contributed by atoms with Crippen LogP contribution in [0, 0.1) is 5.82 Å². The van der Waals surface area contributed by atoms with Gasteiger partial charge in [0.05, 0.1) is 0 Å². The lowest BCUT2D eigenvalue weighted by Gasteiger charge is -2.44. The summed E-state index contributed by atoms with van der Waals surface area (Å²) in [6, 6.07) is 14.7. The lowest BCUT2D eigenvalue weighted by molar-refractivity contribution is -0.139. The summed E-state index contributed by atoms with van der Waals surface area (Å²) in [5.74, 6) is 0.510. The number of ether oxygens (including phenoxy) is 1. The fraction of sp³-hybridized carbons (Fsp3) is 0.375. The molecule has 3 rings (SSSR count). The zero-order valence-corrected chi connectivity index (χ0v) is 17.2. The highest BCUT2D eigenvalue weighted by atomic mass is 19.1. The molecule has 0 N–H and O–H groups in total. The first-order valence-electron chi connectivity index (χ1n) is 10.1. The van der Waals surface area contributed by atoms with Crippen LogP contribution in [0.25, 0.3) is 0 Å². The monoisotopic (exact) mass is 396 g/mol. The van der Waals surface area contributed by atoms with Crippen molar-refractivity contribution in [3.05, 3.63) is 78.1 Å². The number of allylic oxidation sites excluding steroid dienone is 1. The summed E-state index contributed by atoms with van der Waals surface area (Å²) in [7, 11) is 0. The largest absolute Gasteiger partial charge is 0.483 e. The van der Waals surface area contributed by atoms with Crippen LogP contribution < -0.4 is 4.74 Å². The average molecular weight is 397 g/mol. The van der Waals surface area contributed by atoms with E-state index in [1.165, 1.54) is 12.1 Å². The third-order valence-corrected chi connectivity index (χ3v) is 5.42. The van der Waals surface area contributed by atoms with E-state index < -0.39 is 0 Å². The number of piperazine rings is 1. The van der Waals surface area contributed by atoms with Crippen molar-refractivity contribution >= 4 is 5.91 Å². The van der Waals surface area contributed by atoms with E-state index in [4.69, 9.17) is 4.74 Å². The van der Waals surface area contributed by atoms with Crippen molar-refractivity contribution in [1.82, 2.24) is 9.80 Å². The standard InChI is InChI=1S/C24H29FN2O2/c1-4-7-21-8-5-6-9-23(21)29-17-24(28)27-15-18(2)26(14-19(27)3)16-20-10-12-22(25)13-11-20/h4-6,8-13,18-19H,1,7,14-17H2,2-3H3. The molecule has 4 nitrogen and oxygen atoms in total. The minimum atomic E-state index is -0.222. The molecule has 2 aromatic carbocycles. The number of rotatable bonds is 7. The number of carbonyl (C=O) groups excluding carboxylic acids is 1. The van der Waals surface area contributed by atoms with Gasteiger partial charge in [-0.3, -0.25) is 9.69 Å². The molecule has 1 amide bonds. The van der Waals surface area contributed by atoms with Gasteiger partial charge in [0.2, 0.25) is 0 Å². The highest BCUT2D eigenvalue weighted by molar-refractivity contribution is 5.78. The second-order valence-corrected chi connectivity index (χ2v) is 7.69. The Bertz CT molecular complexity index is 837. The van der Waals surface area contributed by atoms with Crippen LogP contribution in [0.2, 0.25) is 0 Å². The smallest absolute Gasteiger partial charge is 0.260 e. The molecule has 1 heterocycles. The van der Waals surface area contributed by atoms with E-state index in [1.54, 1.807) is 0 Å². The van der Waals surface area contributed by atoms with E-state index in [-0.39, 0.29) is 30.4 Å². The first-order valence-corrected chi connectivity index (χ1v) is 10.1. The van der Waals surface area contributed by atoms with Gasteiger partial charge in [-0.05, 0) is 49.6 Å². The maximum Gasteiger partial charge on any atom is 0.260 e. The Morgan fingerprint density at radius 3 is 2.59 bits per heavy atom. The number of carbonyl (C=O) groups is 1. The van der Waals surface area contributed by atoms with Crippen molar-refractivity contribution in [3.8, 4) is 5.75 Å². The molecule has 154 valence electrons. The molecule has 2 unspecified atom stereocenters. The van der Waals surface area contributed by atoms with Gasteiger partial charge in [0, 0.05) is 31.7 Å². The van der Waals surface area contributed by atoms with E-state index in [0.717, 1.165) is 30.0 Å². The second kappa shape index (κ2) is 9.70. The summed E-state index contributed by atoms with van der Waals surface area (Å²) in [6.45, 7) is 10.2. The SMILES string of the molecule is C=CCc1ccccc1OCC(=O)N1CC(C)N(Cc2ccc(F)cc2)CC1C. The number of para-hydroxylation sites is 1. The molecule has 1 saturated heterocycles. The molecule has 0 saturated carbocycles. The molecule has 0 bridgehead atoms. The predicted molar refractivity (Wildman–Crippen MR) is 113 cm³/mol. The summed E-state index contributed by atoms with van der Waals surface area (Å²) in [5.41, 5.74) is 2.10. The predicted octanol–water partition coefficient (Wildman–Crippen LogP) is 4.05. The van der Waals surface area contributed by atoms with Crippen molar-refractivity contribution in [2.24, 2.45) is 0 Å². The summed E-state index contributed by atoms with van der Waals surface area (Å²) >= 11 is 0. The highest BCUT2D eigenvalue weighted by Crippen LogP contribution is 2.21. The molecule has 2 aromatic rings. The normalized spacial score (nSPS) is 19.8. The van der Waals surface area contributed by atoms with Gasteiger partial charge in [-0.25, -0.2) is 4.39 Å². The van der Waals surface area contributed by atoms with Crippen molar-refractivity contribution in [2.45, 2.75) is 38.9 Å². The molecule has 2 atom stereocenters. The van der Waals surface area contributed by atoms with Crippen molar-refractivity contribution < 1.29 is 13.9 Å². The first-order chi connectivity index (χ1) is 14.0. The Hall–Kier alpha value is -2.66. The van der Waals surface area contributed by atoms with E-state index in [1.807, 2.05) is 47.4 Å². The Morgan fingerprint density at radius 2 is 1.86 bits per heavy atom. The maximum absolute atomic E-state index is 13.1. The fourth-order valence-electron chi connectivity index (χ4n) is 3.78. The Labute approximate surface area is 172 Å². The van der Waals surface area contributed by atoms with Gasteiger partial charge in [0.15, 0.2) is 6.61 Å². The Balaban J connectivity index is 1.57. The van der Waals surface area contributed by atoms with Crippen LogP contribution in [-0.2, 0) is 17.8 Å². The number of halogens is 1. The van der Waals surface area contributed by atoms with Crippen LogP contribution in [0.1, 0.15) is 25.0 Å². The van der Waals surface area contributed by atoms with Gasteiger partial charge in [-0.1, -0.05) is 36.4 Å². The minimum absolute atomic E-state index is 0.000752. The van der Waals surface area contributed by atoms with Crippen LogP contribution in [0.3, 0.4) is 0 Å². The van der Waals surface area contributed by atoms with Gasteiger partial charge >= 0.3 is 0 Å². The van der Waals surface area contributed by atoms with Gasteiger partial charge in [-0.2, -0.15) is 0 Å². The summed E-state index contributed by atoms with van der Waals surface area (Å²) in [5, 5.41) is 0. The topological polar surface area (TPSA) is 32.8 Å². The van der Waals surface area contributed by atoms with Crippen LogP contribution in [-0.4, -0.2) is 47.5 Å². The number of hydrogen-bond donors (Lipinski definition) is 0. The van der Waals surface area contributed by atoms with Crippen LogP contribution in [0.15, 0.2) is 61.2 Å². The van der Waals surface area contributed by atoms with Crippen molar-refractivity contribution in [2.75, 3.05) is 19.7 Å². The van der Waals surface area contributed by atoms with Gasteiger partial charge in [0.1, 0.15) is 11.6 Å². The molecular formula is C24H29FN2O2. The third kappa shape index (κ3) is 5.45. The van der Waals surface area contributed by atoms with E-state index in [9.17, 15) is 9.18 Å². The van der Waals surface area contributed by atoms with E-state index >= 15 is 0 Å². The maximum atomic E-state index is 13.1. The van der Waals surface area contributed by atoms with Gasteiger partial charge < -0.3 is 9.64 Å². The Kier molecular flexibility index (Phi) is 7.04. The lowest BCUT2D eigenvalue weighted by atomic mass is 10.1. The highest BCUT2D eigenvalue weighted by Gasteiger charge is 2.32. The molecule has 0 aromatic heterocycles. The molecule has 1 aliphatic heterocycles. The minimum Gasteiger partial charge on any atom is -0.483 e. The fourth-order valence-corrected chi connectivity index (χ4v) is 3.78. The molecule has 0 radical (unpaired) electrons. The molecule has 1 fully saturated rings. The van der Waals surface area contributed by atoms with Crippen LogP contribution in [0.4, 0.5) is 4.39 Å². The van der Waals surface area contributed by atoms with Gasteiger partial charge in [-0.15, -0.1) is 6.58 Å². The molecule has 0 spiro atoms. The third-order valence-electron chi connectivity index (χ3n) is 5.42. The molecule has 29 heavy (non-hydrogen) atoms. The zero-order valence-electron chi connectivity index (χ0n) is 17.2. The first kappa shape index (κ1) is 21.1. The van der Waals surface area contributed by atoms with Crippen molar-refractivity contribution in [3.63, 3.8) is 0 Å². The van der Waals surface area contributed by atoms with Crippen LogP contribution >= 0.6 is 0 Å². The van der Waals surface area contributed by atoms with Crippen molar-refractivity contribution in [1.29, 1.82) is 0 Å². The van der Waals surface area contributed by atoms with E-state index in [0.29, 0.717) is 13.0 Å². The molecule has 5 heteroatoms.